The van der Waals surface area contributed by atoms with Crippen LogP contribution in [0.1, 0.15) is 11.6 Å². The molecule has 72 valence electrons. The van der Waals surface area contributed by atoms with E-state index in [4.69, 9.17) is 10.8 Å². The molecule has 0 saturated heterocycles. The summed E-state index contributed by atoms with van der Waals surface area (Å²) < 4.78 is 1.66. The van der Waals surface area contributed by atoms with Crippen LogP contribution in [-0.4, -0.2) is 21.5 Å². The zero-order valence-electron chi connectivity index (χ0n) is 6.67. The smallest absolute Gasteiger partial charge is 0.0625 e. The Morgan fingerprint density at radius 3 is 2.58 bits per heavy atom. The van der Waals surface area contributed by atoms with E-state index in [9.17, 15) is 0 Å². The lowest BCUT2D eigenvalue weighted by molar-refractivity contribution is 0.268. The summed E-state index contributed by atoms with van der Waals surface area (Å²) in [5.41, 5.74) is 6.37. The lowest BCUT2D eigenvalue weighted by Crippen LogP contribution is -2.13. The molecule has 1 unspecified atom stereocenters. The summed E-state index contributed by atoms with van der Waals surface area (Å²) in [5.74, 6) is 0. The van der Waals surface area contributed by atoms with Gasteiger partial charge in [-0.3, -0.25) is 4.68 Å². The van der Waals surface area contributed by atoms with Crippen LogP contribution in [0, 0.1) is 0 Å². The van der Waals surface area contributed by atoms with Crippen LogP contribution in [0.5, 0.6) is 0 Å². The van der Waals surface area contributed by atoms with Crippen LogP contribution in [0.15, 0.2) is 12.4 Å². The Bertz CT molecular complexity index is 216. The van der Waals surface area contributed by atoms with E-state index in [-0.39, 0.29) is 37.5 Å². The highest BCUT2D eigenvalue weighted by Crippen LogP contribution is 2.05. The Kier molecular flexibility index (Phi) is 7.42. The van der Waals surface area contributed by atoms with Crippen molar-refractivity contribution in [2.45, 2.75) is 6.04 Å². The van der Waals surface area contributed by atoms with E-state index in [0.29, 0.717) is 0 Å². The maximum Gasteiger partial charge on any atom is 0.0625 e. The standard InChI is InChI=1S/C6H11N3O.2ClH/c1-9-3-5(2-8-9)6(7)4-10;;/h2-3,6,10H,4,7H2,1H3;2*1H. The number of rotatable bonds is 2. The molecule has 0 spiro atoms. The largest absolute Gasteiger partial charge is 0.394 e. The second kappa shape index (κ2) is 6.25. The molecule has 3 N–H and O–H groups in total. The number of aryl methyl sites for hydroxylation is 1. The molecule has 0 aromatic carbocycles. The molecule has 0 radical (unpaired) electrons. The number of halogens is 2. The fourth-order valence-corrected chi connectivity index (χ4v) is 0.737. The zero-order valence-corrected chi connectivity index (χ0v) is 8.31. The fourth-order valence-electron chi connectivity index (χ4n) is 0.737. The molecule has 0 fully saturated rings. The Labute approximate surface area is 83.6 Å². The molecule has 0 saturated carbocycles. The molecule has 1 aromatic rings. The molecule has 12 heavy (non-hydrogen) atoms. The fraction of sp³-hybridized carbons (Fsp3) is 0.500. The molecule has 4 nitrogen and oxygen atoms in total. The van der Waals surface area contributed by atoms with Gasteiger partial charge in [0.2, 0.25) is 0 Å². The van der Waals surface area contributed by atoms with E-state index in [1.54, 1.807) is 17.1 Å². The van der Waals surface area contributed by atoms with Crippen molar-refractivity contribution in [3.63, 3.8) is 0 Å². The first-order valence-electron chi connectivity index (χ1n) is 3.09. The lowest BCUT2D eigenvalue weighted by Gasteiger charge is -2.01. The van der Waals surface area contributed by atoms with E-state index >= 15 is 0 Å². The van der Waals surface area contributed by atoms with Crippen molar-refractivity contribution < 1.29 is 5.11 Å². The van der Waals surface area contributed by atoms with Gasteiger partial charge in [0.15, 0.2) is 0 Å². The van der Waals surface area contributed by atoms with E-state index in [0.717, 1.165) is 5.56 Å². The molecule has 0 bridgehead atoms. The van der Waals surface area contributed by atoms with Crippen molar-refractivity contribution in [2.75, 3.05) is 6.61 Å². The quantitative estimate of drug-likeness (QED) is 0.741. The Hall–Kier alpha value is -0.290. The molecule has 1 rings (SSSR count). The molecule has 0 aliphatic heterocycles. The van der Waals surface area contributed by atoms with Gasteiger partial charge in [-0.05, 0) is 0 Å². The Morgan fingerprint density at radius 2 is 2.25 bits per heavy atom. The average Bonchev–Trinajstić information content (AvgIpc) is 2.34. The third kappa shape index (κ3) is 3.40. The summed E-state index contributed by atoms with van der Waals surface area (Å²) in [7, 11) is 1.81. The highest BCUT2D eigenvalue weighted by molar-refractivity contribution is 5.85. The summed E-state index contributed by atoms with van der Waals surface area (Å²) in [4.78, 5) is 0. The maximum absolute atomic E-state index is 8.64. The summed E-state index contributed by atoms with van der Waals surface area (Å²) >= 11 is 0. The third-order valence-electron chi connectivity index (χ3n) is 1.35. The maximum atomic E-state index is 8.64. The molecular weight excluding hydrogens is 201 g/mol. The van der Waals surface area contributed by atoms with Gasteiger partial charge in [-0.1, -0.05) is 0 Å². The van der Waals surface area contributed by atoms with Gasteiger partial charge in [-0.15, -0.1) is 24.8 Å². The normalized spacial score (nSPS) is 11.2. The lowest BCUT2D eigenvalue weighted by atomic mass is 10.2. The van der Waals surface area contributed by atoms with Gasteiger partial charge in [0.25, 0.3) is 0 Å². The molecule has 0 aliphatic rings. The first-order chi connectivity index (χ1) is 4.74. The summed E-state index contributed by atoms with van der Waals surface area (Å²) in [6.07, 6.45) is 3.45. The molecule has 0 amide bonds. The van der Waals surface area contributed by atoms with E-state index in [1.807, 2.05) is 7.05 Å². The molecular formula is C6H13Cl2N3O. The van der Waals surface area contributed by atoms with Crippen molar-refractivity contribution in [2.24, 2.45) is 12.8 Å². The van der Waals surface area contributed by atoms with Gasteiger partial charge in [-0.25, -0.2) is 0 Å². The van der Waals surface area contributed by atoms with E-state index in [2.05, 4.69) is 5.10 Å². The zero-order chi connectivity index (χ0) is 7.56. The van der Waals surface area contributed by atoms with Gasteiger partial charge in [0.05, 0.1) is 18.8 Å². The predicted octanol–water partition coefficient (Wildman–Crippen LogP) is 0.256. The van der Waals surface area contributed by atoms with Crippen molar-refractivity contribution in [1.29, 1.82) is 0 Å². The number of aliphatic hydroxyl groups is 1. The van der Waals surface area contributed by atoms with Gasteiger partial charge < -0.3 is 10.8 Å². The van der Waals surface area contributed by atoms with E-state index in [1.165, 1.54) is 0 Å². The van der Waals surface area contributed by atoms with Gasteiger partial charge in [0.1, 0.15) is 0 Å². The molecule has 1 heterocycles. The van der Waals surface area contributed by atoms with Gasteiger partial charge in [-0.2, -0.15) is 5.10 Å². The number of hydrogen-bond donors (Lipinski definition) is 2. The van der Waals surface area contributed by atoms with Crippen molar-refractivity contribution in [3.8, 4) is 0 Å². The van der Waals surface area contributed by atoms with Crippen LogP contribution >= 0.6 is 24.8 Å². The van der Waals surface area contributed by atoms with Crippen LogP contribution in [0.2, 0.25) is 0 Å². The van der Waals surface area contributed by atoms with E-state index < -0.39 is 0 Å². The Balaban J connectivity index is 0. The second-order valence-corrected chi connectivity index (χ2v) is 2.24. The van der Waals surface area contributed by atoms with Crippen molar-refractivity contribution in [3.05, 3.63) is 18.0 Å². The summed E-state index contributed by atoms with van der Waals surface area (Å²) in [5, 5.41) is 12.5. The van der Waals surface area contributed by atoms with Crippen LogP contribution in [0.4, 0.5) is 0 Å². The van der Waals surface area contributed by atoms with Crippen LogP contribution in [0.25, 0.3) is 0 Å². The van der Waals surface area contributed by atoms with Gasteiger partial charge >= 0.3 is 0 Å². The number of nitrogens with zero attached hydrogens (tertiary/aromatic N) is 2. The highest BCUT2D eigenvalue weighted by atomic mass is 35.5. The van der Waals surface area contributed by atoms with Gasteiger partial charge in [0, 0.05) is 18.8 Å². The molecule has 6 heteroatoms. The Morgan fingerprint density at radius 1 is 1.67 bits per heavy atom. The first kappa shape index (κ1) is 14.2. The first-order valence-corrected chi connectivity index (χ1v) is 3.09. The minimum absolute atomic E-state index is 0. The molecule has 1 aromatic heterocycles. The SMILES string of the molecule is Cl.Cl.Cn1cc(C(N)CO)cn1. The minimum atomic E-state index is -0.298. The number of aromatic nitrogens is 2. The molecule has 0 aliphatic carbocycles. The van der Waals surface area contributed by atoms with Crippen LogP contribution in [0.3, 0.4) is 0 Å². The summed E-state index contributed by atoms with van der Waals surface area (Å²) in [6, 6.07) is -0.298. The minimum Gasteiger partial charge on any atom is -0.394 e. The van der Waals surface area contributed by atoms with Crippen LogP contribution in [-0.2, 0) is 7.05 Å². The second-order valence-electron chi connectivity index (χ2n) is 2.24. The number of nitrogens with two attached hydrogens (primary N) is 1. The number of hydrogen-bond acceptors (Lipinski definition) is 3. The van der Waals surface area contributed by atoms with Crippen molar-refractivity contribution >= 4 is 24.8 Å². The summed E-state index contributed by atoms with van der Waals surface area (Å²) in [6.45, 7) is -0.0360. The molecule has 1 atom stereocenters. The van der Waals surface area contributed by atoms with Crippen molar-refractivity contribution in [1.82, 2.24) is 9.78 Å². The van der Waals surface area contributed by atoms with Crippen LogP contribution < -0.4 is 5.73 Å². The third-order valence-corrected chi connectivity index (χ3v) is 1.35. The average molecular weight is 214 g/mol. The topological polar surface area (TPSA) is 64.1 Å². The monoisotopic (exact) mass is 213 g/mol. The highest BCUT2D eigenvalue weighted by Gasteiger charge is 2.04. The predicted molar refractivity (Wildman–Crippen MR) is 51.7 cm³/mol. The number of aliphatic hydroxyl groups excluding tert-OH is 1.